The Labute approximate surface area is 215 Å². The second kappa shape index (κ2) is 10.5. The van der Waals surface area contributed by atoms with Crippen LogP contribution in [0.3, 0.4) is 0 Å². The third-order valence-electron chi connectivity index (χ3n) is 6.74. The fourth-order valence-electron chi connectivity index (χ4n) is 4.81. The van der Waals surface area contributed by atoms with E-state index >= 15 is 0 Å². The SMILES string of the molecule is O=c1oc2cc(O)ccc2c(Cc2ccc(OCCN3CCCC3)cc2)c1-c1ccc(C(F)(F)F)cc1F. The highest BCUT2D eigenvalue weighted by Crippen LogP contribution is 2.36. The molecule has 1 N–H and O–H groups in total. The third kappa shape index (κ3) is 5.52. The van der Waals surface area contributed by atoms with E-state index in [9.17, 15) is 27.5 Å². The van der Waals surface area contributed by atoms with Crippen LogP contribution in [0, 0.1) is 5.82 Å². The van der Waals surface area contributed by atoms with E-state index in [-0.39, 0.29) is 28.9 Å². The molecule has 0 spiro atoms. The van der Waals surface area contributed by atoms with Gasteiger partial charge in [-0.05, 0) is 79.9 Å². The van der Waals surface area contributed by atoms with Gasteiger partial charge in [-0.2, -0.15) is 13.2 Å². The van der Waals surface area contributed by atoms with Crippen molar-refractivity contribution in [1.82, 2.24) is 4.90 Å². The van der Waals surface area contributed by atoms with Crippen molar-refractivity contribution in [3.05, 3.63) is 93.6 Å². The minimum atomic E-state index is -4.73. The zero-order valence-corrected chi connectivity index (χ0v) is 20.4. The van der Waals surface area contributed by atoms with Gasteiger partial charge in [0.2, 0.25) is 0 Å². The first-order valence-electron chi connectivity index (χ1n) is 12.3. The van der Waals surface area contributed by atoms with Crippen molar-refractivity contribution in [2.75, 3.05) is 26.2 Å². The van der Waals surface area contributed by atoms with Crippen molar-refractivity contribution in [3.63, 3.8) is 0 Å². The van der Waals surface area contributed by atoms with E-state index in [1.54, 1.807) is 12.1 Å². The number of hydrogen-bond donors (Lipinski definition) is 1. The lowest BCUT2D eigenvalue weighted by Gasteiger charge is -2.16. The Kier molecular flexibility index (Phi) is 7.12. The molecule has 0 bridgehead atoms. The van der Waals surface area contributed by atoms with Gasteiger partial charge in [0.15, 0.2) is 0 Å². The summed E-state index contributed by atoms with van der Waals surface area (Å²) in [6.07, 6.45) is -2.15. The maximum absolute atomic E-state index is 15.0. The van der Waals surface area contributed by atoms with Crippen molar-refractivity contribution in [2.24, 2.45) is 0 Å². The number of phenols is 1. The predicted octanol–water partition coefficient (Wildman–Crippen LogP) is 6.39. The van der Waals surface area contributed by atoms with Crippen LogP contribution in [0.1, 0.15) is 29.5 Å². The molecule has 0 atom stereocenters. The van der Waals surface area contributed by atoms with E-state index in [0.29, 0.717) is 29.4 Å². The quantitative estimate of drug-likeness (QED) is 0.223. The highest BCUT2D eigenvalue weighted by atomic mass is 19.4. The number of hydrogen-bond acceptors (Lipinski definition) is 5. The summed E-state index contributed by atoms with van der Waals surface area (Å²) in [5.41, 5.74) is -1.31. The summed E-state index contributed by atoms with van der Waals surface area (Å²) in [6.45, 7) is 3.58. The van der Waals surface area contributed by atoms with Crippen LogP contribution in [0.4, 0.5) is 17.6 Å². The number of phenolic OH excluding ortho intramolecular Hbond substituents is 1. The molecule has 198 valence electrons. The minimum absolute atomic E-state index is 0.0861. The predicted molar refractivity (Wildman–Crippen MR) is 135 cm³/mol. The molecule has 1 aromatic heterocycles. The molecule has 1 aliphatic heterocycles. The van der Waals surface area contributed by atoms with Crippen molar-refractivity contribution >= 4 is 11.0 Å². The molecule has 0 amide bonds. The minimum Gasteiger partial charge on any atom is -0.508 e. The maximum atomic E-state index is 15.0. The first-order chi connectivity index (χ1) is 18.2. The molecule has 3 aromatic carbocycles. The topological polar surface area (TPSA) is 62.9 Å². The van der Waals surface area contributed by atoms with Crippen LogP contribution < -0.4 is 10.4 Å². The molecule has 38 heavy (non-hydrogen) atoms. The first kappa shape index (κ1) is 25.8. The highest BCUT2D eigenvalue weighted by Gasteiger charge is 2.32. The zero-order valence-electron chi connectivity index (χ0n) is 20.4. The molecule has 9 heteroatoms. The fourth-order valence-corrected chi connectivity index (χ4v) is 4.81. The number of halogens is 4. The molecular formula is C29H25F4NO4. The van der Waals surface area contributed by atoms with Crippen LogP contribution in [0.2, 0.25) is 0 Å². The molecule has 0 aliphatic carbocycles. The molecule has 2 heterocycles. The normalized spacial score (nSPS) is 14.3. The molecule has 4 aromatic rings. The molecule has 1 aliphatic rings. The van der Waals surface area contributed by atoms with Crippen LogP contribution in [0.25, 0.3) is 22.1 Å². The van der Waals surface area contributed by atoms with Gasteiger partial charge in [0.1, 0.15) is 29.5 Å². The van der Waals surface area contributed by atoms with Crippen molar-refractivity contribution in [3.8, 4) is 22.6 Å². The first-order valence-corrected chi connectivity index (χ1v) is 12.3. The zero-order chi connectivity index (χ0) is 26.9. The Hall–Kier alpha value is -3.85. The second-order valence-electron chi connectivity index (χ2n) is 9.33. The van der Waals surface area contributed by atoms with Gasteiger partial charge in [0.05, 0.1) is 11.1 Å². The summed E-state index contributed by atoms with van der Waals surface area (Å²) >= 11 is 0. The standard InChI is InChI=1S/C29H25F4NO4/c30-25-16-19(29(31,32)33)5-9-23(25)27-24(22-10-6-20(35)17-26(22)38-28(27)36)15-18-3-7-21(8-4-18)37-14-13-34-11-1-2-12-34/h3-10,16-17,35H,1-2,11-15H2. The third-order valence-corrected chi connectivity index (χ3v) is 6.74. The average Bonchev–Trinajstić information content (AvgIpc) is 3.38. The van der Waals surface area contributed by atoms with E-state index in [4.69, 9.17) is 9.15 Å². The lowest BCUT2D eigenvalue weighted by molar-refractivity contribution is -0.137. The molecule has 1 saturated heterocycles. The molecular weight excluding hydrogens is 502 g/mol. The Morgan fingerprint density at radius 1 is 0.974 bits per heavy atom. The largest absolute Gasteiger partial charge is 0.508 e. The fraction of sp³-hybridized carbons (Fsp3) is 0.276. The van der Waals surface area contributed by atoms with Crippen LogP contribution in [0.15, 0.2) is 69.9 Å². The van der Waals surface area contributed by atoms with E-state index in [1.807, 2.05) is 12.1 Å². The summed E-state index contributed by atoms with van der Waals surface area (Å²) in [5, 5.41) is 10.3. The van der Waals surface area contributed by atoms with Crippen LogP contribution in [-0.2, 0) is 12.6 Å². The summed E-state index contributed by atoms with van der Waals surface area (Å²) in [4.78, 5) is 15.4. The van der Waals surface area contributed by atoms with Gasteiger partial charge in [0, 0.05) is 23.6 Å². The van der Waals surface area contributed by atoms with Gasteiger partial charge in [-0.25, -0.2) is 9.18 Å². The molecule has 0 saturated carbocycles. The average molecular weight is 528 g/mol. The van der Waals surface area contributed by atoms with Gasteiger partial charge >= 0.3 is 11.8 Å². The highest BCUT2D eigenvalue weighted by molar-refractivity contribution is 5.88. The number of nitrogens with zero attached hydrogens (tertiary/aromatic N) is 1. The maximum Gasteiger partial charge on any atom is 0.416 e. The van der Waals surface area contributed by atoms with Crippen molar-refractivity contribution < 1.29 is 31.8 Å². The molecule has 0 radical (unpaired) electrons. The Balaban J connectivity index is 1.49. The van der Waals surface area contributed by atoms with E-state index in [1.165, 1.54) is 31.0 Å². The number of aromatic hydroxyl groups is 1. The van der Waals surface area contributed by atoms with Crippen LogP contribution >= 0.6 is 0 Å². The van der Waals surface area contributed by atoms with Gasteiger partial charge in [-0.3, -0.25) is 4.90 Å². The lowest BCUT2D eigenvalue weighted by Crippen LogP contribution is -2.25. The van der Waals surface area contributed by atoms with Gasteiger partial charge in [-0.15, -0.1) is 0 Å². The van der Waals surface area contributed by atoms with Crippen molar-refractivity contribution in [1.29, 1.82) is 0 Å². The molecule has 1 fully saturated rings. The molecule has 5 rings (SSSR count). The Morgan fingerprint density at radius 2 is 1.71 bits per heavy atom. The van der Waals surface area contributed by atoms with Crippen LogP contribution in [-0.4, -0.2) is 36.2 Å². The van der Waals surface area contributed by atoms with Crippen LogP contribution in [0.5, 0.6) is 11.5 Å². The summed E-state index contributed by atoms with van der Waals surface area (Å²) in [5.74, 6) is -0.631. The molecule has 5 nitrogen and oxygen atoms in total. The summed E-state index contributed by atoms with van der Waals surface area (Å²) in [7, 11) is 0. The Bertz CT molecular complexity index is 1510. The number of benzene rings is 3. The van der Waals surface area contributed by atoms with E-state index < -0.39 is 23.2 Å². The summed E-state index contributed by atoms with van der Waals surface area (Å²) in [6, 6.07) is 13.5. The van der Waals surface area contributed by atoms with Gasteiger partial charge in [0.25, 0.3) is 0 Å². The summed E-state index contributed by atoms with van der Waals surface area (Å²) < 4.78 is 65.5. The van der Waals surface area contributed by atoms with E-state index in [0.717, 1.165) is 37.3 Å². The number of likely N-dealkylation sites (tertiary alicyclic amines) is 1. The van der Waals surface area contributed by atoms with E-state index in [2.05, 4.69) is 4.90 Å². The monoisotopic (exact) mass is 527 g/mol. The number of alkyl halides is 3. The van der Waals surface area contributed by atoms with Crippen molar-refractivity contribution in [2.45, 2.75) is 25.4 Å². The Morgan fingerprint density at radius 3 is 2.39 bits per heavy atom. The number of ether oxygens (including phenoxy) is 1. The molecule has 0 unspecified atom stereocenters. The van der Waals surface area contributed by atoms with Gasteiger partial charge < -0.3 is 14.3 Å². The number of rotatable bonds is 7. The number of fused-ring (bicyclic) bond motifs is 1. The second-order valence-corrected chi connectivity index (χ2v) is 9.33. The lowest BCUT2D eigenvalue weighted by atomic mass is 9.92. The smallest absolute Gasteiger partial charge is 0.416 e. The van der Waals surface area contributed by atoms with Gasteiger partial charge in [-0.1, -0.05) is 18.2 Å².